The number of hydrogen-bond donors (Lipinski definition) is 0. The average molecular weight is 401 g/mol. The van der Waals surface area contributed by atoms with Crippen LogP contribution in [0, 0.1) is 0 Å². The number of rotatable bonds is 1. The summed E-state index contributed by atoms with van der Waals surface area (Å²) in [4.78, 5) is 0. The third-order valence-electron chi connectivity index (χ3n) is 5.95. The molecule has 0 amide bonds. The van der Waals surface area contributed by atoms with Gasteiger partial charge < -0.3 is 0 Å². The molecule has 0 unspecified atom stereocenters. The second-order valence-corrected chi connectivity index (χ2v) is 8.90. The summed E-state index contributed by atoms with van der Waals surface area (Å²) in [6.07, 6.45) is 4.45. The van der Waals surface area contributed by atoms with Crippen molar-refractivity contribution in [2.45, 2.75) is 6.92 Å². The molecule has 0 aliphatic rings. The van der Waals surface area contributed by atoms with E-state index in [-0.39, 0.29) is 0 Å². The zero-order chi connectivity index (χ0) is 20.1. The van der Waals surface area contributed by atoms with E-state index < -0.39 is 0 Å². The van der Waals surface area contributed by atoms with Crippen LogP contribution in [0.4, 0.5) is 0 Å². The lowest BCUT2D eigenvalue weighted by Gasteiger charge is -2.03. The van der Waals surface area contributed by atoms with Crippen molar-refractivity contribution in [1.82, 2.24) is 0 Å². The molecule has 6 aromatic rings. The first-order valence-electron chi connectivity index (χ1n) is 10.3. The minimum atomic E-state index is 1.25. The minimum absolute atomic E-state index is 1.25. The Hall–Kier alpha value is -3.42. The minimum Gasteiger partial charge on any atom is -0.135 e. The molecule has 1 heteroatoms. The van der Waals surface area contributed by atoms with Crippen LogP contribution in [0.2, 0.25) is 0 Å². The molecule has 0 N–H and O–H groups in total. The summed E-state index contributed by atoms with van der Waals surface area (Å²) < 4.78 is 2.70. The van der Waals surface area contributed by atoms with Crippen LogP contribution in [0.3, 0.4) is 0 Å². The lowest BCUT2D eigenvalue weighted by atomic mass is 10.0. The van der Waals surface area contributed by atoms with Crippen LogP contribution >= 0.6 is 11.3 Å². The molecule has 1 heterocycles. The largest absolute Gasteiger partial charge is 0.135 e. The van der Waals surface area contributed by atoms with E-state index in [1.54, 1.807) is 0 Å². The maximum absolute atomic E-state index is 2.36. The molecule has 0 aliphatic carbocycles. The van der Waals surface area contributed by atoms with Crippen LogP contribution in [0.5, 0.6) is 0 Å². The van der Waals surface area contributed by atoms with Crippen molar-refractivity contribution in [1.29, 1.82) is 0 Å². The molecular weight excluding hydrogens is 380 g/mol. The molecule has 0 nitrogen and oxygen atoms in total. The van der Waals surface area contributed by atoms with Crippen molar-refractivity contribution < 1.29 is 0 Å². The van der Waals surface area contributed by atoms with Crippen molar-refractivity contribution in [3.8, 4) is 0 Å². The second-order valence-electron chi connectivity index (χ2n) is 7.81. The monoisotopic (exact) mass is 400 g/mol. The highest BCUT2D eigenvalue weighted by molar-refractivity contribution is 7.25. The van der Waals surface area contributed by atoms with E-state index in [4.69, 9.17) is 0 Å². The number of thiophene rings is 1. The number of hydrogen-bond acceptors (Lipinski definition) is 1. The molecule has 142 valence electrons. The maximum Gasteiger partial charge on any atom is 0.0361 e. The van der Waals surface area contributed by atoms with Gasteiger partial charge in [0.05, 0.1) is 0 Å². The van der Waals surface area contributed by atoms with Crippen LogP contribution in [0.25, 0.3) is 53.9 Å². The van der Waals surface area contributed by atoms with Crippen molar-refractivity contribution in [3.63, 3.8) is 0 Å². The fourth-order valence-corrected chi connectivity index (χ4v) is 5.59. The van der Waals surface area contributed by atoms with Gasteiger partial charge in [0.15, 0.2) is 0 Å². The van der Waals surface area contributed by atoms with Crippen LogP contribution in [-0.4, -0.2) is 0 Å². The average Bonchev–Trinajstić information content (AvgIpc) is 3.12. The summed E-state index contributed by atoms with van der Waals surface area (Å²) in [6.45, 7) is 2.09. The fraction of sp³-hybridized carbons (Fsp3) is 0.0345. The van der Waals surface area contributed by atoms with Gasteiger partial charge in [-0.1, -0.05) is 66.7 Å². The Kier molecular flexibility index (Phi) is 3.97. The first-order valence-corrected chi connectivity index (χ1v) is 11.1. The second kappa shape index (κ2) is 6.83. The van der Waals surface area contributed by atoms with Gasteiger partial charge in [-0.3, -0.25) is 0 Å². The van der Waals surface area contributed by atoms with Crippen LogP contribution < -0.4 is 10.4 Å². The van der Waals surface area contributed by atoms with Gasteiger partial charge in [0.2, 0.25) is 0 Å². The Morgan fingerprint density at radius 3 is 2.00 bits per heavy atom. The summed E-state index contributed by atoms with van der Waals surface area (Å²) in [5, 5.41) is 10.5. The molecule has 0 bridgehead atoms. The standard InChI is InChI=1S/C29H20S/c1-2-20-7-3-4-8-21(20)13-19-11-12-26-27-17-24-15-22-9-5-6-10-23(22)16-25(24)18-29(27)30-28(26)14-19/h2-18H,1H3/b20-2-,21-13-. The van der Waals surface area contributed by atoms with Crippen LogP contribution in [-0.2, 0) is 0 Å². The maximum atomic E-state index is 2.36. The summed E-state index contributed by atoms with van der Waals surface area (Å²) in [7, 11) is 0. The SMILES string of the molecule is C/C=c1/cccc/c1=C/c1ccc2c(c1)sc1cc3cc4ccccc4cc3cc12. The normalized spacial score (nSPS) is 13.2. The lowest BCUT2D eigenvalue weighted by Crippen LogP contribution is -2.23. The highest BCUT2D eigenvalue weighted by Gasteiger charge is 2.08. The van der Waals surface area contributed by atoms with Crippen LogP contribution in [0.15, 0.2) is 91.0 Å². The van der Waals surface area contributed by atoms with Crippen molar-refractivity contribution >= 4 is 65.2 Å². The Labute approximate surface area is 179 Å². The van der Waals surface area contributed by atoms with E-state index in [2.05, 4.69) is 110 Å². The van der Waals surface area contributed by atoms with Gasteiger partial charge >= 0.3 is 0 Å². The molecule has 6 rings (SSSR count). The smallest absolute Gasteiger partial charge is 0.0361 e. The quantitative estimate of drug-likeness (QED) is 0.261. The highest BCUT2D eigenvalue weighted by Crippen LogP contribution is 2.37. The van der Waals surface area contributed by atoms with Gasteiger partial charge in [-0.15, -0.1) is 11.3 Å². The predicted octanol–water partition coefficient (Wildman–Crippen LogP) is 6.99. The molecule has 5 aromatic carbocycles. The number of fused-ring (bicyclic) bond motifs is 5. The Morgan fingerprint density at radius 1 is 0.567 bits per heavy atom. The van der Waals surface area contributed by atoms with Gasteiger partial charge in [-0.2, -0.15) is 0 Å². The van der Waals surface area contributed by atoms with E-state index >= 15 is 0 Å². The summed E-state index contributed by atoms with van der Waals surface area (Å²) >= 11 is 1.89. The predicted molar refractivity (Wildman–Crippen MR) is 134 cm³/mol. The molecule has 0 spiro atoms. The Bertz CT molecular complexity index is 1700. The topological polar surface area (TPSA) is 0 Å². The van der Waals surface area contributed by atoms with E-state index in [9.17, 15) is 0 Å². The summed E-state index contributed by atoms with van der Waals surface area (Å²) in [5.41, 5.74) is 1.25. The molecular formula is C29H20S. The van der Waals surface area contributed by atoms with Gasteiger partial charge in [0.1, 0.15) is 0 Å². The molecule has 0 saturated heterocycles. The summed E-state index contributed by atoms with van der Waals surface area (Å²) in [5.74, 6) is 0. The van der Waals surface area contributed by atoms with Gasteiger partial charge in [-0.05, 0) is 80.9 Å². The van der Waals surface area contributed by atoms with Crippen molar-refractivity contribution in [2.24, 2.45) is 0 Å². The Balaban J connectivity index is 1.58. The van der Waals surface area contributed by atoms with E-state index in [1.165, 1.54) is 57.7 Å². The number of benzene rings is 5. The lowest BCUT2D eigenvalue weighted by molar-refractivity contribution is 1.50. The molecule has 0 radical (unpaired) electrons. The molecule has 0 fully saturated rings. The van der Waals surface area contributed by atoms with E-state index in [1.807, 2.05) is 11.3 Å². The fourth-order valence-electron chi connectivity index (χ4n) is 4.40. The first kappa shape index (κ1) is 17.4. The van der Waals surface area contributed by atoms with Crippen molar-refractivity contribution in [3.05, 3.63) is 107 Å². The Morgan fingerprint density at radius 2 is 1.23 bits per heavy atom. The van der Waals surface area contributed by atoms with E-state index in [0.29, 0.717) is 0 Å². The molecule has 0 saturated carbocycles. The van der Waals surface area contributed by atoms with Gasteiger partial charge in [-0.25, -0.2) is 0 Å². The third kappa shape index (κ3) is 2.82. The van der Waals surface area contributed by atoms with Gasteiger partial charge in [0.25, 0.3) is 0 Å². The molecule has 0 atom stereocenters. The summed E-state index contributed by atoms with van der Waals surface area (Å²) in [6, 6.07) is 33.3. The molecule has 1 aromatic heterocycles. The molecule has 0 aliphatic heterocycles. The highest BCUT2D eigenvalue weighted by atomic mass is 32.1. The zero-order valence-electron chi connectivity index (χ0n) is 16.7. The van der Waals surface area contributed by atoms with Crippen molar-refractivity contribution in [2.75, 3.05) is 0 Å². The third-order valence-corrected chi connectivity index (χ3v) is 7.06. The molecule has 30 heavy (non-hydrogen) atoms. The van der Waals surface area contributed by atoms with Crippen LogP contribution in [0.1, 0.15) is 12.5 Å². The van der Waals surface area contributed by atoms with E-state index in [0.717, 1.165) is 0 Å². The first-order chi connectivity index (χ1) is 14.8. The zero-order valence-corrected chi connectivity index (χ0v) is 17.5. The van der Waals surface area contributed by atoms with Gasteiger partial charge in [0, 0.05) is 20.2 Å².